The number of hydrogen-bond acceptors (Lipinski definition) is 4. The monoisotopic (exact) mass is 370 g/mol. The highest BCUT2D eigenvalue weighted by molar-refractivity contribution is 6.43. The molecule has 3 aromatic rings. The van der Waals surface area contributed by atoms with Crippen molar-refractivity contribution >= 4 is 23.1 Å². The van der Waals surface area contributed by atoms with Crippen molar-refractivity contribution in [2.45, 2.75) is 12.3 Å². The normalized spacial score (nSPS) is 15.9. The summed E-state index contributed by atoms with van der Waals surface area (Å²) in [6, 6.07) is 20.3. The van der Waals surface area contributed by atoms with E-state index in [1.807, 2.05) is 42.5 Å². The van der Waals surface area contributed by atoms with Crippen molar-refractivity contribution in [1.82, 2.24) is 0 Å². The maximum absolute atomic E-state index is 13.0. The number of anilines is 1. The van der Waals surface area contributed by atoms with Gasteiger partial charge in [0.15, 0.2) is 11.5 Å². The van der Waals surface area contributed by atoms with Crippen molar-refractivity contribution in [3.8, 4) is 0 Å². The van der Waals surface area contributed by atoms with Gasteiger partial charge in [-0.2, -0.15) is 0 Å². The topological polar surface area (TPSA) is 71.7 Å². The second-order valence-corrected chi connectivity index (χ2v) is 6.48. The van der Waals surface area contributed by atoms with Crippen LogP contribution in [-0.4, -0.2) is 17.4 Å². The number of aliphatic imine (C=N–C) groups is 1. The smallest absolute Gasteiger partial charge is 0.291 e. The van der Waals surface area contributed by atoms with Crippen LogP contribution in [0.15, 0.2) is 94.7 Å². The van der Waals surface area contributed by atoms with E-state index in [1.54, 1.807) is 36.5 Å². The molecule has 0 aliphatic carbocycles. The molecule has 0 fully saturated rings. The lowest BCUT2D eigenvalue weighted by atomic mass is 9.88. The Labute approximate surface area is 162 Å². The molecule has 2 aromatic carbocycles. The van der Waals surface area contributed by atoms with Crippen LogP contribution in [0.3, 0.4) is 0 Å². The van der Waals surface area contributed by atoms with Crippen molar-refractivity contribution in [1.29, 1.82) is 0 Å². The van der Waals surface area contributed by atoms with E-state index in [9.17, 15) is 9.59 Å². The molecule has 1 aromatic heterocycles. The van der Waals surface area contributed by atoms with Gasteiger partial charge in [-0.15, -0.1) is 0 Å². The van der Waals surface area contributed by atoms with Crippen LogP contribution in [0.5, 0.6) is 0 Å². The van der Waals surface area contributed by atoms with Crippen LogP contribution in [0.4, 0.5) is 5.69 Å². The molecule has 2 heterocycles. The van der Waals surface area contributed by atoms with Gasteiger partial charge in [-0.05, 0) is 35.4 Å². The predicted molar refractivity (Wildman–Crippen MR) is 108 cm³/mol. The molecule has 1 aliphatic rings. The lowest BCUT2D eigenvalue weighted by molar-refractivity contribution is -0.113. The Morgan fingerprint density at radius 1 is 1.04 bits per heavy atom. The second kappa shape index (κ2) is 7.88. The van der Waals surface area contributed by atoms with Gasteiger partial charge >= 0.3 is 0 Å². The Bertz CT molecular complexity index is 1050. The number of carbonyl (C=O) groups excluding carboxylic acids is 2. The molecule has 28 heavy (non-hydrogen) atoms. The van der Waals surface area contributed by atoms with Gasteiger partial charge in [-0.3, -0.25) is 14.6 Å². The fraction of sp³-hybridized carbons (Fsp3) is 0.0870. The first-order chi connectivity index (χ1) is 13.7. The Hall–Kier alpha value is -3.73. The molecule has 1 amide bonds. The van der Waals surface area contributed by atoms with Gasteiger partial charge in [0.05, 0.1) is 17.9 Å². The fourth-order valence-corrected chi connectivity index (χ4v) is 3.14. The van der Waals surface area contributed by atoms with Crippen LogP contribution >= 0.6 is 0 Å². The standard InChI is InChI=1S/C23H18N2O3/c26-22-19(11-12-24-20(22)14-16-6-2-1-3-7-16)17-8-4-9-18(15-17)25-23(27)21-10-5-13-28-21/h1-13,15,19H,14H2,(H,25,27). The zero-order valence-electron chi connectivity index (χ0n) is 15.0. The van der Waals surface area contributed by atoms with Gasteiger partial charge in [0.1, 0.15) is 0 Å². The van der Waals surface area contributed by atoms with E-state index >= 15 is 0 Å². The Kier molecular flexibility index (Phi) is 4.97. The maximum Gasteiger partial charge on any atom is 0.291 e. The van der Waals surface area contributed by atoms with Gasteiger partial charge in [-0.25, -0.2) is 0 Å². The molecular formula is C23H18N2O3. The first kappa shape index (κ1) is 17.7. The molecule has 5 nitrogen and oxygen atoms in total. The molecule has 1 atom stereocenters. The lowest BCUT2D eigenvalue weighted by Crippen LogP contribution is -2.25. The highest BCUT2D eigenvalue weighted by Crippen LogP contribution is 2.26. The summed E-state index contributed by atoms with van der Waals surface area (Å²) >= 11 is 0. The van der Waals surface area contributed by atoms with Crippen molar-refractivity contribution < 1.29 is 14.0 Å². The fourth-order valence-electron chi connectivity index (χ4n) is 3.14. The average molecular weight is 370 g/mol. The number of nitrogens with zero attached hydrogens (tertiary/aromatic N) is 1. The zero-order valence-corrected chi connectivity index (χ0v) is 15.0. The molecule has 0 bridgehead atoms. The molecule has 138 valence electrons. The molecule has 0 radical (unpaired) electrons. The molecule has 1 unspecified atom stereocenters. The first-order valence-electron chi connectivity index (χ1n) is 8.97. The molecule has 0 spiro atoms. The number of amides is 1. The number of allylic oxidation sites excluding steroid dienone is 1. The summed E-state index contributed by atoms with van der Waals surface area (Å²) in [5.41, 5.74) is 2.98. The molecule has 5 heteroatoms. The SMILES string of the molecule is O=C(Nc1cccc(C2C=CN=C(Cc3ccccc3)C2=O)c1)c1ccco1. The Balaban J connectivity index is 1.51. The minimum atomic E-state index is -0.420. The third kappa shape index (κ3) is 3.83. The zero-order chi connectivity index (χ0) is 19.3. The molecule has 1 N–H and O–H groups in total. The van der Waals surface area contributed by atoms with E-state index in [0.717, 1.165) is 11.1 Å². The van der Waals surface area contributed by atoms with Crippen LogP contribution in [0.25, 0.3) is 0 Å². The molecule has 0 saturated heterocycles. The summed E-state index contributed by atoms with van der Waals surface area (Å²) < 4.78 is 5.11. The quantitative estimate of drug-likeness (QED) is 0.724. The van der Waals surface area contributed by atoms with Crippen LogP contribution in [-0.2, 0) is 11.2 Å². The number of carbonyl (C=O) groups is 2. The van der Waals surface area contributed by atoms with E-state index in [-0.39, 0.29) is 17.5 Å². The van der Waals surface area contributed by atoms with E-state index in [2.05, 4.69) is 10.3 Å². The van der Waals surface area contributed by atoms with E-state index in [1.165, 1.54) is 6.26 Å². The van der Waals surface area contributed by atoms with E-state index in [4.69, 9.17) is 4.42 Å². The van der Waals surface area contributed by atoms with Gasteiger partial charge in [-0.1, -0.05) is 48.5 Å². The van der Waals surface area contributed by atoms with Crippen molar-refractivity contribution in [2.75, 3.05) is 5.32 Å². The van der Waals surface area contributed by atoms with Gasteiger partial charge < -0.3 is 9.73 Å². The number of ketones is 1. The summed E-state index contributed by atoms with van der Waals surface area (Å²) in [4.78, 5) is 29.4. The van der Waals surface area contributed by atoms with Crippen molar-refractivity contribution in [3.05, 3.63) is 102 Å². The largest absolute Gasteiger partial charge is 0.459 e. The van der Waals surface area contributed by atoms with Crippen LogP contribution in [0.2, 0.25) is 0 Å². The van der Waals surface area contributed by atoms with Gasteiger partial charge in [0, 0.05) is 18.3 Å². The second-order valence-electron chi connectivity index (χ2n) is 6.48. The number of Topliss-reactive ketones (excluding diaryl/α,β-unsaturated/α-hetero) is 1. The van der Waals surface area contributed by atoms with Crippen molar-refractivity contribution in [3.63, 3.8) is 0 Å². The third-order valence-corrected chi connectivity index (χ3v) is 4.54. The number of rotatable bonds is 5. The Morgan fingerprint density at radius 2 is 1.89 bits per heavy atom. The third-order valence-electron chi connectivity index (χ3n) is 4.54. The molecule has 4 rings (SSSR count). The summed E-state index contributed by atoms with van der Waals surface area (Å²) in [7, 11) is 0. The van der Waals surface area contributed by atoms with Crippen LogP contribution < -0.4 is 5.32 Å². The van der Waals surface area contributed by atoms with Crippen molar-refractivity contribution in [2.24, 2.45) is 4.99 Å². The average Bonchev–Trinajstić information content (AvgIpc) is 3.26. The highest BCUT2D eigenvalue weighted by atomic mass is 16.3. The minimum Gasteiger partial charge on any atom is -0.459 e. The lowest BCUT2D eigenvalue weighted by Gasteiger charge is -2.18. The maximum atomic E-state index is 13.0. The highest BCUT2D eigenvalue weighted by Gasteiger charge is 2.25. The van der Waals surface area contributed by atoms with Gasteiger partial charge in [0.25, 0.3) is 5.91 Å². The molecular weight excluding hydrogens is 352 g/mol. The van der Waals surface area contributed by atoms with Gasteiger partial charge in [0.2, 0.25) is 0 Å². The summed E-state index contributed by atoms with van der Waals surface area (Å²) in [5, 5.41) is 2.79. The number of hydrogen-bond donors (Lipinski definition) is 1. The predicted octanol–water partition coefficient (Wildman–Crippen LogP) is 4.40. The number of benzene rings is 2. The summed E-state index contributed by atoms with van der Waals surface area (Å²) in [6.07, 6.45) is 5.41. The Morgan fingerprint density at radius 3 is 2.68 bits per heavy atom. The summed E-state index contributed by atoms with van der Waals surface area (Å²) in [5.74, 6) is -0.548. The summed E-state index contributed by atoms with van der Waals surface area (Å²) in [6.45, 7) is 0. The molecule has 1 aliphatic heterocycles. The minimum absolute atomic E-state index is 0.0270. The van der Waals surface area contributed by atoms with Crippen LogP contribution in [0.1, 0.15) is 27.6 Å². The number of nitrogens with one attached hydrogen (secondary N) is 1. The van der Waals surface area contributed by atoms with Crippen LogP contribution in [0, 0.1) is 0 Å². The number of furan rings is 1. The van der Waals surface area contributed by atoms with E-state index in [0.29, 0.717) is 17.8 Å². The van der Waals surface area contributed by atoms with E-state index < -0.39 is 5.92 Å². The first-order valence-corrected chi connectivity index (χ1v) is 8.97. The molecule has 0 saturated carbocycles.